The lowest BCUT2D eigenvalue weighted by Gasteiger charge is -2.04. The Kier molecular flexibility index (Phi) is 4.96. The van der Waals surface area contributed by atoms with Crippen molar-refractivity contribution in [2.24, 2.45) is 0 Å². The second-order valence-corrected chi connectivity index (χ2v) is 5.37. The van der Waals surface area contributed by atoms with Crippen LogP contribution in [0.3, 0.4) is 0 Å². The van der Waals surface area contributed by atoms with E-state index in [1.807, 2.05) is 6.92 Å². The molecule has 0 aromatic heterocycles. The third kappa shape index (κ3) is 3.94. The highest BCUT2D eigenvalue weighted by Crippen LogP contribution is 2.09. The van der Waals surface area contributed by atoms with E-state index < -0.39 is 10.0 Å². The van der Waals surface area contributed by atoms with Crippen molar-refractivity contribution in [3.05, 3.63) is 46.6 Å². The lowest BCUT2D eigenvalue weighted by molar-refractivity contribution is 0.585. The smallest absolute Gasteiger partial charge is 0.207 e. The molecule has 0 saturated heterocycles. The fraction of sp³-hybridized carbons (Fsp3) is 0.182. The predicted molar refractivity (Wildman–Crippen MR) is 67.9 cm³/mol. The third-order valence-electron chi connectivity index (χ3n) is 1.89. The normalized spacial score (nSPS) is 10.6. The van der Waals surface area contributed by atoms with E-state index >= 15 is 0 Å². The first-order valence-corrected chi connectivity index (χ1v) is 7.02. The number of aryl methyl sites for hydroxylation is 1. The van der Waals surface area contributed by atoms with E-state index in [0.717, 1.165) is 5.56 Å². The Morgan fingerprint density at radius 1 is 1.38 bits per heavy atom. The summed E-state index contributed by atoms with van der Waals surface area (Å²) in [5.74, 6) is 0. The molecule has 0 bridgehead atoms. The standard InChI is InChI=1S/C11H12BrNO2S/c1-10-4-6-11(7-5-10)16(14,15)13-9-3-2-8-12/h3-8,13H,9H2,1H3. The van der Waals surface area contributed by atoms with Crippen molar-refractivity contribution in [3.63, 3.8) is 0 Å². The average molecular weight is 302 g/mol. The van der Waals surface area contributed by atoms with Crippen molar-refractivity contribution < 1.29 is 8.42 Å². The highest BCUT2D eigenvalue weighted by Gasteiger charge is 2.11. The number of halogens is 1. The Morgan fingerprint density at radius 2 is 2.00 bits per heavy atom. The topological polar surface area (TPSA) is 46.2 Å². The molecular formula is C11H12BrNO2S. The molecule has 0 radical (unpaired) electrons. The van der Waals surface area contributed by atoms with Crippen LogP contribution in [0, 0.1) is 6.92 Å². The first-order valence-electron chi connectivity index (χ1n) is 4.62. The van der Waals surface area contributed by atoms with Gasteiger partial charge < -0.3 is 0 Å². The largest absolute Gasteiger partial charge is 0.240 e. The molecule has 0 fully saturated rings. The summed E-state index contributed by atoms with van der Waals surface area (Å²) in [5.41, 5.74) is 3.75. The molecule has 1 N–H and O–H groups in total. The van der Waals surface area contributed by atoms with Crippen molar-refractivity contribution >= 4 is 26.0 Å². The zero-order valence-electron chi connectivity index (χ0n) is 8.77. The van der Waals surface area contributed by atoms with Crippen molar-refractivity contribution in [1.82, 2.24) is 4.72 Å². The van der Waals surface area contributed by atoms with Gasteiger partial charge in [-0.2, -0.15) is 0 Å². The van der Waals surface area contributed by atoms with Crippen LogP contribution in [-0.4, -0.2) is 15.0 Å². The minimum Gasteiger partial charge on any atom is -0.207 e. The quantitative estimate of drug-likeness (QED) is 0.868. The summed E-state index contributed by atoms with van der Waals surface area (Å²) in [6, 6.07) is 6.70. The van der Waals surface area contributed by atoms with Crippen molar-refractivity contribution in [1.29, 1.82) is 0 Å². The second-order valence-electron chi connectivity index (χ2n) is 3.14. The van der Waals surface area contributed by atoms with Gasteiger partial charge in [0.15, 0.2) is 0 Å². The Labute approximate surface area is 104 Å². The van der Waals surface area contributed by atoms with Crippen LogP contribution in [0.2, 0.25) is 0 Å². The van der Waals surface area contributed by atoms with E-state index in [1.165, 1.54) is 4.99 Å². The molecular weight excluding hydrogens is 290 g/mol. The Hall–Kier alpha value is -0.870. The van der Waals surface area contributed by atoms with Gasteiger partial charge in [-0.3, -0.25) is 0 Å². The molecule has 0 aliphatic heterocycles. The first kappa shape index (κ1) is 13.2. The number of sulfonamides is 1. The molecule has 5 heteroatoms. The lowest BCUT2D eigenvalue weighted by atomic mass is 10.2. The molecule has 0 unspecified atom stereocenters. The summed E-state index contributed by atoms with van der Waals surface area (Å²) in [6.07, 6.45) is 1.58. The van der Waals surface area contributed by atoms with Crippen molar-refractivity contribution in [2.45, 2.75) is 11.8 Å². The van der Waals surface area contributed by atoms with Gasteiger partial charge in [0, 0.05) is 11.5 Å². The molecule has 1 aromatic carbocycles. The minimum atomic E-state index is -3.41. The van der Waals surface area contributed by atoms with Gasteiger partial charge in [-0.05, 0) is 25.1 Å². The molecule has 0 aliphatic rings. The molecule has 3 nitrogen and oxygen atoms in total. The van der Waals surface area contributed by atoms with E-state index in [9.17, 15) is 8.42 Å². The number of rotatable bonds is 4. The van der Waals surface area contributed by atoms with Crippen LogP contribution in [0.1, 0.15) is 5.56 Å². The Bertz CT molecular complexity index is 499. The first-order chi connectivity index (χ1) is 7.56. The van der Waals surface area contributed by atoms with Gasteiger partial charge in [0.1, 0.15) is 0 Å². The van der Waals surface area contributed by atoms with Gasteiger partial charge in [0.25, 0.3) is 0 Å². The molecule has 0 atom stereocenters. The SMILES string of the molecule is Cc1ccc(S(=O)(=O)NCC=C=CBr)cc1. The number of nitrogens with one attached hydrogen (secondary N) is 1. The number of hydrogen-bond donors (Lipinski definition) is 1. The molecule has 1 rings (SSSR count). The van der Waals surface area contributed by atoms with Gasteiger partial charge in [-0.1, -0.05) is 33.6 Å². The highest BCUT2D eigenvalue weighted by molar-refractivity contribution is 9.11. The summed E-state index contributed by atoms with van der Waals surface area (Å²) in [5, 5.41) is 0. The van der Waals surface area contributed by atoms with Crippen LogP contribution in [0.4, 0.5) is 0 Å². The maximum Gasteiger partial charge on any atom is 0.240 e. The zero-order chi connectivity index (χ0) is 12.0. The van der Waals surface area contributed by atoms with Crippen LogP contribution in [0.25, 0.3) is 0 Å². The number of hydrogen-bond acceptors (Lipinski definition) is 2. The van der Waals surface area contributed by atoms with E-state index in [1.54, 1.807) is 30.3 Å². The third-order valence-corrected chi connectivity index (χ3v) is 3.59. The molecule has 0 spiro atoms. The summed E-state index contributed by atoms with van der Waals surface area (Å²) < 4.78 is 25.9. The van der Waals surface area contributed by atoms with Crippen molar-refractivity contribution in [2.75, 3.05) is 6.54 Å². The summed E-state index contributed by atoms with van der Waals surface area (Å²) in [6.45, 7) is 2.13. The van der Waals surface area contributed by atoms with Crippen LogP contribution < -0.4 is 4.72 Å². The van der Waals surface area contributed by atoms with E-state index in [-0.39, 0.29) is 11.4 Å². The maximum atomic E-state index is 11.7. The summed E-state index contributed by atoms with van der Waals surface area (Å²) >= 11 is 3.04. The van der Waals surface area contributed by atoms with Crippen LogP contribution >= 0.6 is 15.9 Å². The van der Waals surface area contributed by atoms with Gasteiger partial charge in [-0.25, -0.2) is 13.1 Å². The van der Waals surface area contributed by atoms with E-state index in [0.29, 0.717) is 0 Å². The second kappa shape index (κ2) is 6.01. The number of benzene rings is 1. The summed E-state index contributed by atoms with van der Waals surface area (Å²) in [7, 11) is -3.41. The Morgan fingerprint density at radius 3 is 2.56 bits per heavy atom. The monoisotopic (exact) mass is 301 g/mol. The molecule has 1 aromatic rings. The minimum absolute atomic E-state index is 0.221. The Balaban J connectivity index is 2.78. The van der Waals surface area contributed by atoms with Gasteiger partial charge in [-0.15, -0.1) is 5.73 Å². The van der Waals surface area contributed by atoms with E-state index in [2.05, 4.69) is 26.4 Å². The molecule has 0 amide bonds. The zero-order valence-corrected chi connectivity index (χ0v) is 11.2. The predicted octanol–water partition coefficient (Wildman–Crippen LogP) is 2.34. The van der Waals surface area contributed by atoms with Crippen molar-refractivity contribution in [3.8, 4) is 0 Å². The van der Waals surface area contributed by atoms with Gasteiger partial charge in [0.05, 0.1) is 4.90 Å². The fourth-order valence-electron chi connectivity index (χ4n) is 1.06. The molecule has 0 heterocycles. The molecule has 0 aliphatic carbocycles. The maximum absolute atomic E-state index is 11.7. The lowest BCUT2D eigenvalue weighted by Crippen LogP contribution is -2.23. The highest BCUT2D eigenvalue weighted by atomic mass is 79.9. The van der Waals surface area contributed by atoms with Crippen LogP contribution in [0.5, 0.6) is 0 Å². The summed E-state index contributed by atoms with van der Waals surface area (Å²) in [4.78, 5) is 1.81. The molecule has 0 saturated carbocycles. The fourth-order valence-corrected chi connectivity index (χ4v) is 2.21. The molecule has 86 valence electrons. The molecule has 16 heavy (non-hydrogen) atoms. The van der Waals surface area contributed by atoms with E-state index in [4.69, 9.17) is 0 Å². The van der Waals surface area contributed by atoms with Crippen LogP contribution in [0.15, 0.2) is 46.0 Å². The van der Waals surface area contributed by atoms with Crippen LogP contribution in [-0.2, 0) is 10.0 Å². The average Bonchev–Trinajstić information content (AvgIpc) is 2.25. The van der Waals surface area contributed by atoms with Gasteiger partial charge >= 0.3 is 0 Å². The van der Waals surface area contributed by atoms with Gasteiger partial charge in [0.2, 0.25) is 10.0 Å².